The van der Waals surface area contributed by atoms with Crippen LogP contribution in [0.1, 0.15) is 12.0 Å². The van der Waals surface area contributed by atoms with E-state index in [1.165, 1.54) is 0 Å². The van der Waals surface area contributed by atoms with E-state index in [4.69, 9.17) is 10.5 Å². The minimum atomic E-state index is 0.0861. The molecule has 4 heteroatoms. The van der Waals surface area contributed by atoms with Gasteiger partial charge in [0.05, 0.1) is 13.5 Å². The summed E-state index contributed by atoms with van der Waals surface area (Å²) in [6.45, 7) is 1.30. The molecular formula is C13H20N2O2. The van der Waals surface area contributed by atoms with Crippen LogP contribution in [0.2, 0.25) is 0 Å². The van der Waals surface area contributed by atoms with Crippen LogP contribution in [0.25, 0.3) is 0 Å². The van der Waals surface area contributed by atoms with Crippen LogP contribution in [-0.4, -0.2) is 38.1 Å². The Balaban J connectivity index is 2.61. The molecule has 1 aromatic carbocycles. The molecule has 4 nitrogen and oxygen atoms in total. The first-order valence-corrected chi connectivity index (χ1v) is 5.75. The summed E-state index contributed by atoms with van der Waals surface area (Å²) in [7, 11) is 3.41. The van der Waals surface area contributed by atoms with Crippen LogP contribution >= 0.6 is 0 Å². The number of ether oxygens (including phenoxy) is 1. The van der Waals surface area contributed by atoms with E-state index in [9.17, 15) is 4.79 Å². The van der Waals surface area contributed by atoms with Gasteiger partial charge in [-0.05, 0) is 19.0 Å². The van der Waals surface area contributed by atoms with E-state index in [-0.39, 0.29) is 5.91 Å². The van der Waals surface area contributed by atoms with Crippen molar-refractivity contribution < 1.29 is 9.53 Å². The van der Waals surface area contributed by atoms with Crippen LogP contribution < -0.4 is 10.5 Å². The number of methoxy groups -OCH3 is 1. The third-order valence-corrected chi connectivity index (χ3v) is 2.66. The minimum Gasteiger partial charge on any atom is -0.496 e. The second kappa shape index (κ2) is 6.91. The van der Waals surface area contributed by atoms with Gasteiger partial charge in [0.1, 0.15) is 5.75 Å². The van der Waals surface area contributed by atoms with Crippen molar-refractivity contribution in [3.63, 3.8) is 0 Å². The molecule has 0 aliphatic rings. The standard InChI is InChI=1S/C13H20N2O2/c1-15(9-5-8-14)13(16)10-11-6-3-4-7-12(11)17-2/h3-4,6-7H,5,8-10,14H2,1-2H3. The number of carbonyl (C=O) groups is 1. The molecule has 0 bridgehead atoms. The highest BCUT2D eigenvalue weighted by Crippen LogP contribution is 2.18. The Morgan fingerprint density at radius 3 is 2.76 bits per heavy atom. The highest BCUT2D eigenvalue weighted by Gasteiger charge is 2.11. The van der Waals surface area contributed by atoms with Gasteiger partial charge in [-0.15, -0.1) is 0 Å². The Bertz CT molecular complexity index is 366. The topological polar surface area (TPSA) is 55.6 Å². The van der Waals surface area contributed by atoms with E-state index in [2.05, 4.69) is 0 Å². The molecule has 0 atom stereocenters. The van der Waals surface area contributed by atoms with Gasteiger partial charge in [0, 0.05) is 19.2 Å². The summed E-state index contributed by atoms with van der Waals surface area (Å²) in [6, 6.07) is 7.58. The van der Waals surface area contributed by atoms with Crippen molar-refractivity contribution in [2.75, 3.05) is 27.2 Å². The smallest absolute Gasteiger partial charge is 0.226 e. The monoisotopic (exact) mass is 236 g/mol. The number of amides is 1. The average molecular weight is 236 g/mol. The average Bonchev–Trinajstić information content (AvgIpc) is 2.36. The summed E-state index contributed by atoms with van der Waals surface area (Å²) in [6.07, 6.45) is 1.19. The molecule has 94 valence electrons. The van der Waals surface area contributed by atoms with Crippen molar-refractivity contribution in [3.05, 3.63) is 29.8 Å². The molecule has 0 fully saturated rings. The number of rotatable bonds is 6. The number of likely N-dealkylation sites (N-methyl/N-ethyl adjacent to an activating group) is 1. The Morgan fingerprint density at radius 2 is 2.12 bits per heavy atom. The van der Waals surface area contributed by atoms with Crippen LogP contribution in [0.3, 0.4) is 0 Å². The van der Waals surface area contributed by atoms with Crippen molar-refractivity contribution in [1.82, 2.24) is 4.90 Å². The number of para-hydroxylation sites is 1. The second-order valence-electron chi connectivity index (χ2n) is 3.95. The molecule has 17 heavy (non-hydrogen) atoms. The lowest BCUT2D eigenvalue weighted by Crippen LogP contribution is -2.30. The maximum absolute atomic E-state index is 11.9. The molecule has 0 aromatic heterocycles. The lowest BCUT2D eigenvalue weighted by molar-refractivity contribution is -0.129. The zero-order valence-electron chi connectivity index (χ0n) is 10.5. The number of nitrogens with zero attached hydrogens (tertiary/aromatic N) is 1. The summed E-state index contributed by atoms with van der Waals surface area (Å²) >= 11 is 0. The van der Waals surface area contributed by atoms with Crippen molar-refractivity contribution in [3.8, 4) is 5.75 Å². The molecule has 0 aliphatic carbocycles. The number of benzene rings is 1. The van der Waals surface area contributed by atoms with Gasteiger partial charge in [0.2, 0.25) is 5.91 Å². The first-order chi connectivity index (χ1) is 8.19. The van der Waals surface area contributed by atoms with Crippen molar-refractivity contribution >= 4 is 5.91 Å². The Morgan fingerprint density at radius 1 is 1.41 bits per heavy atom. The highest BCUT2D eigenvalue weighted by molar-refractivity contribution is 5.79. The first-order valence-electron chi connectivity index (χ1n) is 5.75. The molecular weight excluding hydrogens is 216 g/mol. The van der Waals surface area contributed by atoms with Gasteiger partial charge in [-0.1, -0.05) is 18.2 Å². The summed E-state index contributed by atoms with van der Waals surface area (Å²) < 4.78 is 5.22. The van der Waals surface area contributed by atoms with Gasteiger partial charge < -0.3 is 15.4 Å². The van der Waals surface area contributed by atoms with E-state index in [0.29, 0.717) is 19.5 Å². The molecule has 1 rings (SSSR count). The third kappa shape index (κ3) is 4.07. The maximum atomic E-state index is 11.9. The fourth-order valence-corrected chi connectivity index (χ4v) is 1.60. The first kappa shape index (κ1) is 13.5. The summed E-state index contributed by atoms with van der Waals surface area (Å²) in [5.74, 6) is 0.844. The maximum Gasteiger partial charge on any atom is 0.226 e. The molecule has 2 N–H and O–H groups in total. The molecule has 0 unspecified atom stereocenters. The van der Waals surface area contributed by atoms with Crippen LogP contribution in [0.4, 0.5) is 0 Å². The molecule has 0 spiro atoms. The summed E-state index contributed by atoms with van der Waals surface area (Å²) in [4.78, 5) is 13.6. The lowest BCUT2D eigenvalue weighted by atomic mass is 10.1. The van der Waals surface area contributed by atoms with Gasteiger partial charge in [-0.2, -0.15) is 0 Å². The predicted molar refractivity (Wildman–Crippen MR) is 68.0 cm³/mol. The van der Waals surface area contributed by atoms with Crippen LogP contribution in [0.15, 0.2) is 24.3 Å². The fourth-order valence-electron chi connectivity index (χ4n) is 1.60. The number of nitrogens with two attached hydrogens (primary N) is 1. The van der Waals surface area contributed by atoms with Crippen molar-refractivity contribution in [1.29, 1.82) is 0 Å². The normalized spacial score (nSPS) is 10.1. The highest BCUT2D eigenvalue weighted by atomic mass is 16.5. The molecule has 0 radical (unpaired) electrons. The minimum absolute atomic E-state index is 0.0861. The van der Waals surface area contributed by atoms with Crippen molar-refractivity contribution in [2.45, 2.75) is 12.8 Å². The Kier molecular flexibility index (Phi) is 5.49. The van der Waals surface area contributed by atoms with Crippen LogP contribution in [0, 0.1) is 0 Å². The van der Waals surface area contributed by atoms with Crippen molar-refractivity contribution in [2.24, 2.45) is 5.73 Å². The largest absolute Gasteiger partial charge is 0.496 e. The summed E-state index contributed by atoms with van der Waals surface area (Å²) in [5, 5.41) is 0. The second-order valence-corrected chi connectivity index (χ2v) is 3.95. The molecule has 0 aliphatic heterocycles. The van der Waals surface area contributed by atoms with Gasteiger partial charge in [0.25, 0.3) is 0 Å². The Hall–Kier alpha value is -1.55. The van der Waals surface area contributed by atoms with Gasteiger partial charge in [-0.25, -0.2) is 0 Å². The van der Waals surface area contributed by atoms with E-state index < -0.39 is 0 Å². The van der Waals surface area contributed by atoms with Crippen LogP contribution in [0.5, 0.6) is 5.75 Å². The lowest BCUT2D eigenvalue weighted by Gasteiger charge is -2.17. The zero-order valence-corrected chi connectivity index (χ0v) is 10.5. The van der Waals surface area contributed by atoms with E-state index in [1.807, 2.05) is 24.3 Å². The van der Waals surface area contributed by atoms with E-state index in [1.54, 1.807) is 19.1 Å². The van der Waals surface area contributed by atoms with E-state index in [0.717, 1.165) is 17.7 Å². The fraction of sp³-hybridized carbons (Fsp3) is 0.462. The SMILES string of the molecule is COc1ccccc1CC(=O)N(C)CCCN. The number of hydrogen-bond acceptors (Lipinski definition) is 3. The molecule has 0 saturated heterocycles. The third-order valence-electron chi connectivity index (χ3n) is 2.66. The number of hydrogen-bond donors (Lipinski definition) is 1. The predicted octanol–water partition coefficient (Wildman–Crippen LogP) is 1.04. The number of carbonyl (C=O) groups excluding carboxylic acids is 1. The molecule has 1 amide bonds. The van der Waals surface area contributed by atoms with Gasteiger partial charge >= 0.3 is 0 Å². The zero-order chi connectivity index (χ0) is 12.7. The molecule has 1 aromatic rings. The molecule has 0 saturated carbocycles. The quantitative estimate of drug-likeness (QED) is 0.803. The van der Waals surface area contributed by atoms with Gasteiger partial charge in [0.15, 0.2) is 0 Å². The van der Waals surface area contributed by atoms with Crippen LogP contribution in [-0.2, 0) is 11.2 Å². The summed E-state index contributed by atoms with van der Waals surface area (Å²) in [5.41, 5.74) is 6.33. The van der Waals surface area contributed by atoms with E-state index >= 15 is 0 Å². The Labute approximate surface area is 102 Å². The van der Waals surface area contributed by atoms with Gasteiger partial charge in [-0.3, -0.25) is 4.79 Å². The molecule has 0 heterocycles.